The van der Waals surface area contributed by atoms with Gasteiger partial charge in [-0.1, -0.05) is 42.5 Å². The molecular weight excluding hydrogens is 828 g/mol. The molecule has 1 aliphatic rings. The molecule has 2 aromatic carbocycles. The molecule has 1 heterocycles. The molecule has 22 heteroatoms. The van der Waals surface area contributed by atoms with Crippen molar-refractivity contribution in [1.82, 2.24) is 26.6 Å². The lowest BCUT2D eigenvalue weighted by atomic mass is 9.96. The summed E-state index contributed by atoms with van der Waals surface area (Å²) in [6, 6.07) is 9.88. The van der Waals surface area contributed by atoms with Crippen molar-refractivity contribution in [2.45, 2.75) is 114 Å². The summed E-state index contributed by atoms with van der Waals surface area (Å²) in [5.41, 5.74) is 12.1. The number of nitrogens with two attached hydrogens (primary N) is 2. The van der Waals surface area contributed by atoms with Crippen LogP contribution in [0.15, 0.2) is 60.7 Å². The molecule has 1 saturated heterocycles. The van der Waals surface area contributed by atoms with Gasteiger partial charge in [-0.25, -0.2) is 0 Å². The summed E-state index contributed by atoms with van der Waals surface area (Å²) in [5, 5.41) is 44.5. The van der Waals surface area contributed by atoms with E-state index in [1.807, 2.05) is 6.07 Å². The number of aliphatic hydroxyl groups excluding tert-OH is 2. The zero-order valence-electron chi connectivity index (χ0n) is 35.1. The topological polar surface area (TPSA) is 343 Å². The van der Waals surface area contributed by atoms with Crippen LogP contribution in [-0.2, 0) is 54.4 Å². The van der Waals surface area contributed by atoms with Crippen molar-refractivity contribution in [2.24, 2.45) is 11.5 Å². The zero-order valence-corrected chi connectivity index (χ0v) is 35.1. The maximum Gasteiger partial charge on any atom is 0.270 e. The summed E-state index contributed by atoms with van der Waals surface area (Å²) in [7, 11) is 0. The highest BCUT2D eigenvalue weighted by molar-refractivity contribution is 5.93. The van der Waals surface area contributed by atoms with Crippen LogP contribution in [0, 0.1) is 10.1 Å². The molecule has 0 saturated carbocycles. The highest BCUT2D eigenvalue weighted by Gasteiger charge is 2.48. The Bertz CT molecular complexity index is 1940. The van der Waals surface area contributed by atoms with Crippen LogP contribution in [-0.4, -0.2) is 125 Å². The molecule has 1 fully saturated rings. The Kier molecular flexibility index (Phi) is 20.7. The molecule has 0 bridgehead atoms. The van der Waals surface area contributed by atoms with Gasteiger partial charge in [0.25, 0.3) is 5.69 Å². The number of rotatable bonds is 25. The second kappa shape index (κ2) is 25.6. The van der Waals surface area contributed by atoms with Gasteiger partial charge in [0.05, 0.1) is 18.1 Å². The van der Waals surface area contributed by atoms with Gasteiger partial charge < -0.3 is 62.5 Å². The smallest absolute Gasteiger partial charge is 0.270 e. The van der Waals surface area contributed by atoms with Gasteiger partial charge in [-0.15, -0.1) is 0 Å². The fourth-order valence-electron chi connectivity index (χ4n) is 6.27. The van der Waals surface area contributed by atoms with Crippen LogP contribution in [0.4, 0.5) is 5.69 Å². The lowest BCUT2D eigenvalue weighted by Crippen LogP contribution is -2.66. The first kappa shape index (κ1) is 51.0. The van der Waals surface area contributed by atoms with Gasteiger partial charge in [-0.2, -0.15) is 0 Å². The van der Waals surface area contributed by atoms with Crippen molar-refractivity contribution in [2.75, 3.05) is 13.2 Å². The van der Waals surface area contributed by atoms with E-state index in [0.717, 1.165) is 5.56 Å². The van der Waals surface area contributed by atoms with Crippen LogP contribution in [0.2, 0.25) is 0 Å². The first-order valence-electron chi connectivity index (χ1n) is 20.1. The Hall–Kier alpha value is -6.33. The van der Waals surface area contributed by atoms with Crippen molar-refractivity contribution in [3.05, 3.63) is 81.9 Å². The third-order valence-electron chi connectivity index (χ3n) is 9.69. The molecule has 1 aliphatic heterocycles. The molecule has 0 spiro atoms. The molecule has 22 nitrogen and oxygen atoms in total. The number of ether oxygens (including phenoxy) is 3. The SMILES string of the molecule is CC(=O)NC1C(OCc2ccccc2)OC(CO)C(O)C1OC(C)C(=O)NC(C)C(=O)NC(CCC(=O)NC(CCCCNC(=O)/C=C/c1cccc([N+](=O)[O-])c1)C(N)=O)C(N)=O. The lowest BCUT2D eigenvalue weighted by Gasteiger charge is -2.44. The molecule has 11 N–H and O–H groups in total. The predicted molar refractivity (Wildman–Crippen MR) is 223 cm³/mol. The van der Waals surface area contributed by atoms with Gasteiger partial charge in [0.1, 0.15) is 48.6 Å². The van der Waals surface area contributed by atoms with Crippen molar-refractivity contribution in [3.8, 4) is 0 Å². The number of amides is 7. The Morgan fingerprint density at radius 1 is 0.921 bits per heavy atom. The molecule has 0 aliphatic carbocycles. The molecule has 9 atom stereocenters. The van der Waals surface area contributed by atoms with Crippen molar-refractivity contribution < 1.29 is 62.9 Å². The number of nitro benzene ring substituents is 1. The number of nitrogens with one attached hydrogen (secondary N) is 5. The second-order valence-corrected chi connectivity index (χ2v) is 14.7. The number of carbonyl (C=O) groups is 7. The highest BCUT2D eigenvalue weighted by atomic mass is 16.7. The second-order valence-electron chi connectivity index (χ2n) is 14.7. The summed E-state index contributed by atoms with van der Waals surface area (Å²) in [6.07, 6.45) is -3.72. The minimum absolute atomic E-state index is 0.0382. The fraction of sp³-hybridized carbons (Fsp3) is 0.488. The van der Waals surface area contributed by atoms with Crippen LogP contribution in [0.5, 0.6) is 0 Å². The van der Waals surface area contributed by atoms with Crippen LogP contribution in [0.3, 0.4) is 0 Å². The van der Waals surface area contributed by atoms with Gasteiger partial charge in [-0.3, -0.25) is 43.7 Å². The monoisotopic (exact) mass is 884 g/mol. The van der Waals surface area contributed by atoms with E-state index in [2.05, 4.69) is 26.6 Å². The maximum atomic E-state index is 13.2. The van der Waals surface area contributed by atoms with Crippen LogP contribution < -0.4 is 38.1 Å². The van der Waals surface area contributed by atoms with Crippen molar-refractivity contribution >= 4 is 53.1 Å². The third kappa shape index (κ3) is 17.2. The average Bonchev–Trinajstić information content (AvgIpc) is 3.24. The van der Waals surface area contributed by atoms with Gasteiger partial charge in [0.15, 0.2) is 6.29 Å². The molecule has 3 rings (SSSR count). The molecular formula is C41H56N8O14. The largest absolute Gasteiger partial charge is 0.394 e. The number of hydrogen-bond donors (Lipinski definition) is 9. The van der Waals surface area contributed by atoms with E-state index in [4.69, 9.17) is 25.7 Å². The van der Waals surface area contributed by atoms with Gasteiger partial charge in [-0.05, 0) is 56.7 Å². The number of unbranched alkanes of at least 4 members (excludes halogenated alkanes) is 1. The van der Waals surface area contributed by atoms with E-state index in [-0.39, 0.29) is 38.1 Å². The number of carbonyl (C=O) groups excluding carboxylic acids is 7. The van der Waals surface area contributed by atoms with E-state index in [1.54, 1.807) is 30.3 Å². The molecule has 63 heavy (non-hydrogen) atoms. The maximum absolute atomic E-state index is 13.2. The number of nitrogens with zero attached hydrogens (tertiary/aromatic N) is 1. The third-order valence-corrected chi connectivity index (χ3v) is 9.69. The number of non-ortho nitro benzene ring substituents is 1. The first-order chi connectivity index (χ1) is 29.9. The number of nitro groups is 1. The first-order valence-corrected chi connectivity index (χ1v) is 20.1. The number of aliphatic hydroxyl groups is 2. The summed E-state index contributed by atoms with van der Waals surface area (Å²) in [6.45, 7) is 3.47. The summed E-state index contributed by atoms with van der Waals surface area (Å²) < 4.78 is 17.6. The van der Waals surface area contributed by atoms with Gasteiger partial charge in [0.2, 0.25) is 41.4 Å². The minimum atomic E-state index is -1.53. The van der Waals surface area contributed by atoms with E-state index in [1.165, 1.54) is 51.1 Å². The normalized spacial score (nSPS) is 20.3. The molecule has 2 aromatic rings. The Balaban J connectivity index is 1.47. The van der Waals surface area contributed by atoms with E-state index in [0.29, 0.717) is 18.4 Å². The summed E-state index contributed by atoms with van der Waals surface area (Å²) in [4.78, 5) is 98.1. The Labute approximate surface area is 363 Å². The molecule has 0 radical (unpaired) electrons. The minimum Gasteiger partial charge on any atom is -0.394 e. The Morgan fingerprint density at radius 2 is 1.60 bits per heavy atom. The van der Waals surface area contributed by atoms with Crippen molar-refractivity contribution in [1.29, 1.82) is 0 Å². The summed E-state index contributed by atoms with van der Waals surface area (Å²) in [5.74, 6) is -5.13. The number of primary amides is 2. The molecule has 7 amide bonds. The van der Waals surface area contributed by atoms with E-state index in [9.17, 15) is 53.9 Å². The number of benzene rings is 2. The van der Waals surface area contributed by atoms with Gasteiger partial charge in [0, 0.05) is 38.1 Å². The highest BCUT2D eigenvalue weighted by Crippen LogP contribution is 2.26. The van der Waals surface area contributed by atoms with Crippen LogP contribution in [0.1, 0.15) is 64.0 Å². The molecule has 344 valence electrons. The molecule has 9 unspecified atom stereocenters. The van der Waals surface area contributed by atoms with Crippen LogP contribution in [0.25, 0.3) is 6.08 Å². The zero-order chi connectivity index (χ0) is 46.6. The lowest BCUT2D eigenvalue weighted by molar-refractivity contribution is -0.384. The average molecular weight is 885 g/mol. The van der Waals surface area contributed by atoms with Crippen LogP contribution >= 0.6 is 0 Å². The van der Waals surface area contributed by atoms with E-state index >= 15 is 0 Å². The van der Waals surface area contributed by atoms with E-state index < -0.39 is 108 Å². The standard InChI is InChI=1S/C41H56N8O14/c1-23(45-40(58)24(2)62-36-34(46-25(3)51)41(63-31(21-50)35(36)54)61-22-27-10-5-4-6-11-27)39(57)48-30(38(43)56)16-18-33(53)47-29(37(42)55)14-7-8-19-44-32(52)17-15-26-12-9-13-28(20-26)49(59)60/h4-6,9-13,15,17,20,23-24,29-31,34-36,41,50,54H,7-8,14,16,18-19,21-22H2,1-3H3,(H2,42,55)(H2,43,56)(H,44,52)(H,45,58)(H,46,51)(H,47,53)(H,48,57)/b17-15+. The summed E-state index contributed by atoms with van der Waals surface area (Å²) >= 11 is 0. The van der Waals surface area contributed by atoms with Gasteiger partial charge >= 0.3 is 0 Å². The Morgan fingerprint density at radius 3 is 2.24 bits per heavy atom. The molecule has 0 aromatic heterocycles. The quantitative estimate of drug-likeness (QED) is 0.0242. The predicted octanol–water partition coefficient (Wildman–Crippen LogP) is -1.31. The van der Waals surface area contributed by atoms with Crippen molar-refractivity contribution in [3.63, 3.8) is 0 Å². The fourth-order valence-corrected chi connectivity index (χ4v) is 6.27. The number of hydrogen-bond acceptors (Lipinski definition) is 14.